The van der Waals surface area contributed by atoms with Crippen LogP contribution >= 0.6 is 0 Å². The summed E-state index contributed by atoms with van der Waals surface area (Å²) in [5.74, 6) is -1.15. The Bertz CT molecular complexity index is 649. The van der Waals surface area contributed by atoms with Crippen LogP contribution in [0, 0.1) is 17.6 Å². The quantitative estimate of drug-likeness (QED) is 0.679. The number of rotatable bonds is 4. The molecule has 0 aromatic heterocycles. The van der Waals surface area contributed by atoms with Crippen molar-refractivity contribution in [3.63, 3.8) is 0 Å². The van der Waals surface area contributed by atoms with E-state index in [4.69, 9.17) is 9.47 Å². The second-order valence-electron chi connectivity index (χ2n) is 6.87. The third-order valence-corrected chi connectivity index (χ3v) is 5.11. The molecule has 2 fully saturated rings. The Kier molecular flexibility index (Phi) is 3.92. The van der Waals surface area contributed by atoms with Crippen molar-refractivity contribution in [2.75, 3.05) is 0 Å². The van der Waals surface area contributed by atoms with E-state index in [-0.39, 0.29) is 18.1 Å². The molecule has 0 aliphatic carbocycles. The summed E-state index contributed by atoms with van der Waals surface area (Å²) in [5, 5.41) is 12.9. The normalized spacial score (nSPS) is 34.7. The summed E-state index contributed by atoms with van der Waals surface area (Å²) in [6.45, 7) is 5.90. The third kappa shape index (κ3) is 2.44. The molecule has 0 amide bonds. The number of oxime groups is 1. The van der Waals surface area contributed by atoms with Gasteiger partial charge < -0.3 is 14.7 Å². The number of ether oxygens (including phenoxy) is 2. The van der Waals surface area contributed by atoms with E-state index in [1.165, 1.54) is 12.1 Å². The molecule has 0 unspecified atom stereocenters. The van der Waals surface area contributed by atoms with Crippen molar-refractivity contribution in [3.05, 3.63) is 35.4 Å². The molecule has 2 heterocycles. The molecule has 0 radical (unpaired) electrons. The molecule has 2 bridgehead atoms. The Labute approximate surface area is 134 Å². The number of hydrogen-bond acceptors (Lipinski definition) is 4. The number of nitrogens with zero attached hydrogens (tertiary/aromatic N) is 1. The van der Waals surface area contributed by atoms with E-state index in [1.54, 1.807) is 0 Å². The van der Waals surface area contributed by atoms with Crippen LogP contribution in [0.3, 0.4) is 0 Å². The first-order chi connectivity index (χ1) is 10.8. The summed E-state index contributed by atoms with van der Waals surface area (Å²) in [7, 11) is 0. The molecule has 3 atom stereocenters. The summed E-state index contributed by atoms with van der Waals surface area (Å²) >= 11 is 0. The maximum absolute atomic E-state index is 13.8. The lowest BCUT2D eigenvalue weighted by molar-refractivity contribution is -0.0961. The van der Waals surface area contributed by atoms with Gasteiger partial charge in [0.1, 0.15) is 29.1 Å². The molecule has 6 heteroatoms. The second kappa shape index (κ2) is 5.53. The minimum atomic E-state index is -0.653. The molecule has 4 nitrogen and oxygen atoms in total. The number of benzene rings is 1. The standard InChI is InChI=1S/C17H21F2NO3/c1-10(2)17-7-6-16(3,23-17)15(14(17)20-21)22-9-11-4-5-12(18)8-13(11)19/h4-5,8,10,15,21H,6-7,9H2,1-3H3/t15-,16+,17+/m1/s1. The third-order valence-electron chi connectivity index (χ3n) is 5.11. The van der Waals surface area contributed by atoms with Gasteiger partial charge in [-0.2, -0.15) is 0 Å². The van der Waals surface area contributed by atoms with Gasteiger partial charge in [0.15, 0.2) is 0 Å². The van der Waals surface area contributed by atoms with E-state index < -0.39 is 28.9 Å². The molecular formula is C17H21F2NO3. The van der Waals surface area contributed by atoms with Crippen LogP contribution in [0.2, 0.25) is 0 Å². The fourth-order valence-corrected chi connectivity index (χ4v) is 3.73. The van der Waals surface area contributed by atoms with Gasteiger partial charge >= 0.3 is 0 Å². The highest BCUT2D eigenvalue weighted by Crippen LogP contribution is 2.53. The average molecular weight is 325 g/mol. The summed E-state index contributed by atoms with van der Waals surface area (Å²) in [6.07, 6.45) is 1.000. The molecule has 1 aromatic carbocycles. The summed E-state index contributed by atoms with van der Waals surface area (Å²) in [4.78, 5) is 0. The maximum Gasteiger partial charge on any atom is 0.131 e. The number of hydrogen-bond donors (Lipinski definition) is 1. The Hall–Kier alpha value is -1.53. The molecule has 23 heavy (non-hydrogen) atoms. The van der Waals surface area contributed by atoms with E-state index in [1.807, 2.05) is 20.8 Å². The zero-order valence-corrected chi connectivity index (χ0v) is 13.5. The van der Waals surface area contributed by atoms with Gasteiger partial charge in [-0.15, -0.1) is 0 Å². The van der Waals surface area contributed by atoms with Gasteiger partial charge in [0.05, 0.1) is 12.2 Å². The first-order valence-corrected chi connectivity index (χ1v) is 7.80. The molecular weight excluding hydrogens is 304 g/mol. The van der Waals surface area contributed by atoms with Crippen LogP contribution < -0.4 is 0 Å². The SMILES string of the molecule is CC(C)[C@]12CC[C@](C)(O1)[C@H](OCc1ccc(F)cc1F)C2=NO. The van der Waals surface area contributed by atoms with Gasteiger partial charge in [0, 0.05) is 11.6 Å². The van der Waals surface area contributed by atoms with Crippen LogP contribution in [0.4, 0.5) is 8.78 Å². The second-order valence-corrected chi connectivity index (χ2v) is 6.87. The lowest BCUT2D eigenvalue weighted by atomic mass is 9.74. The van der Waals surface area contributed by atoms with Gasteiger partial charge in [-0.1, -0.05) is 25.1 Å². The van der Waals surface area contributed by atoms with Crippen molar-refractivity contribution < 1.29 is 23.5 Å². The van der Waals surface area contributed by atoms with Crippen LogP contribution in [-0.2, 0) is 16.1 Å². The smallest absolute Gasteiger partial charge is 0.131 e. The minimum absolute atomic E-state index is 0.0388. The lowest BCUT2D eigenvalue weighted by Crippen LogP contribution is -2.48. The van der Waals surface area contributed by atoms with Crippen molar-refractivity contribution in [2.45, 2.75) is 57.5 Å². The van der Waals surface area contributed by atoms with Crippen LogP contribution in [0.15, 0.2) is 23.4 Å². The molecule has 2 aliphatic heterocycles. The molecule has 2 saturated heterocycles. The van der Waals surface area contributed by atoms with Gasteiger partial charge in [-0.25, -0.2) is 8.78 Å². The fraction of sp³-hybridized carbons (Fsp3) is 0.588. The van der Waals surface area contributed by atoms with E-state index >= 15 is 0 Å². The van der Waals surface area contributed by atoms with Crippen molar-refractivity contribution in [1.29, 1.82) is 0 Å². The fourth-order valence-electron chi connectivity index (χ4n) is 3.73. The summed E-state index contributed by atoms with van der Waals surface area (Å²) in [5.41, 5.74) is -0.505. The Morgan fingerprint density at radius 1 is 1.39 bits per heavy atom. The first-order valence-electron chi connectivity index (χ1n) is 7.80. The van der Waals surface area contributed by atoms with Crippen LogP contribution in [-0.4, -0.2) is 28.2 Å². The minimum Gasteiger partial charge on any atom is -0.411 e. The predicted octanol–water partition coefficient (Wildman–Crippen LogP) is 3.66. The van der Waals surface area contributed by atoms with E-state index in [9.17, 15) is 14.0 Å². The Morgan fingerprint density at radius 2 is 2.13 bits per heavy atom. The lowest BCUT2D eigenvalue weighted by Gasteiger charge is -2.32. The van der Waals surface area contributed by atoms with Crippen molar-refractivity contribution in [3.8, 4) is 0 Å². The van der Waals surface area contributed by atoms with Crippen molar-refractivity contribution in [2.24, 2.45) is 11.1 Å². The molecule has 2 aliphatic rings. The van der Waals surface area contributed by atoms with Gasteiger partial charge in [0.25, 0.3) is 0 Å². The Balaban J connectivity index is 1.83. The van der Waals surface area contributed by atoms with Gasteiger partial charge in [-0.05, 0) is 31.7 Å². The molecule has 0 saturated carbocycles. The van der Waals surface area contributed by atoms with Crippen LogP contribution in [0.5, 0.6) is 0 Å². The molecule has 3 rings (SSSR count). The predicted molar refractivity (Wildman–Crippen MR) is 80.4 cm³/mol. The van der Waals surface area contributed by atoms with E-state index in [0.717, 1.165) is 18.9 Å². The highest BCUT2D eigenvalue weighted by Gasteiger charge is 2.65. The van der Waals surface area contributed by atoms with E-state index in [2.05, 4.69) is 5.16 Å². The summed E-state index contributed by atoms with van der Waals surface area (Å²) < 4.78 is 38.8. The zero-order valence-electron chi connectivity index (χ0n) is 13.5. The van der Waals surface area contributed by atoms with Crippen molar-refractivity contribution in [1.82, 2.24) is 0 Å². The molecule has 1 aromatic rings. The monoisotopic (exact) mass is 325 g/mol. The highest BCUT2D eigenvalue weighted by molar-refractivity contribution is 6.00. The molecule has 126 valence electrons. The van der Waals surface area contributed by atoms with Crippen LogP contribution in [0.25, 0.3) is 0 Å². The topological polar surface area (TPSA) is 51.0 Å². The van der Waals surface area contributed by atoms with Crippen molar-refractivity contribution >= 4 is 5.71 Å². The van der Waals surface area contributed by atoms with Gasteiger partial charge in [-0.3, -0.25) is 0 Å². The van der Waals surface area contributed by atoms with Gasteiger partial charge in [0.2, 0.25) is 0 Å². The molecule has 0 spiro atoms. The largest absolute Gasteiger partial charge is 0.411 e. The number of fused-ring (bicyclic) bond motifs is 2. The van der Waals surface area contributed by atoms with Crippen LogP contribution in [0.1, 0.15) is 39.2 Å². The average Bonchev–Trinajstić information content (AvgIpc) is 2.96. The Morgan fingerprint density at radius 3 is 2.74 bits per heavy atom. The molecule has 1 N–H and O–H groups in total. The summed E-state index contributed by atoms with van der Waals surface area (Å²) in [6, 6.07) is 3.38. The highest BCUT2D eigenvalue weighted by atomic mass is 19.1. The first kappa shape index (κ1) is 16.3. The zero-order chi connectivity index (χ0) is 16.8. The van der Waals surface area contributed by atoms with E-state index in [0.29, 0.717) is 5.71 Å². The number of halogens is 2. The maximum atomic E-state index is 13.8.